The summed E-state index contributed by atoms with van der Waals surface area (Å²) in [5.74, 6) is 1.23. The highest BCUT2D eigenvalue weighted by atomic mass is 35.5. The lowest BCUT2D eigenvalue weighted by Gasteiger charge is -2.27. The molecule has 0 saturated heterocycles. The Kier molecular flexibility index (Phi) is 5.68. The molecule has 26 heavy (non-hydrogen) atoms. The molecule has 1 N–H and O–H groups in total. The van der Waals surface area contributed by atoms with Crippen LogP contribution in [0.3, 0.4) is 0 Å². The zero-order valence-electron chi connectivity index (χ0n) is 15.1. The fourth-order valence-electron chi connectivity index (χ4n) is 2.66. The number of nitrogens with zero attached hydrogens (tertiary/aromatic N) is 4. The van der Waals surface area contributed by atoms with Crippen LogP contribution in [0.5, 0.6) is 0 Å². The van der Waals surface area contributed by atoms with E-state index in [1.807, 2.05) is 43.3 Å². The Morgan fingerprint density at radius 1 is 1.08 bits per heavy atom. The number of benzene rings is 2. The van der Waals surface area contributed by atoms with Crippen molar-refractivity contribution in [1.82, 2.24) is 15.2 Å². The van der Waals surface area contributed by atoms with Crippen LogP contribution in [-0.2, 0) is 6.54 Å². The standard InChI is InChI=1S/C20H22ClN5/c1-14(2)26(13-16-8-5-4-6-9-16)19-12-22-25-20(24-19)23-18-11-7-10-17(21)15(18)3/h4-12,14H,13H2,1-3H3,(H,23,24,25). The molecule has 0 spiro atoms. The number of anilines is 3. The molecule has 3 rings (SSSR count). The number of hydrogen-bond acceptors (Lipinski definition) is 5. The summed E-state index contributed by atoms with van der Waals surface area (Å²) in [6.45, 7) is 6.99. The number of halogens is 1. The Hall–Kier alpha value is -2.66. The molecule has 3 aromatic rings. The second-order valence-corrected chi connectivity index (χ2v) is 6.79. The van der Waals surface area contributed by atoms with Crippen LogP contribution in [0.25, 0.3) is 0 Å². The SMILES string of the molecule is Cc1c(Cl)cccc1Nc1nncc(N(Cc2ccccc2)C(C)C)n1. The lowest BCUT2D eigenvalue weighted by atomic mass is 10.2. The lowest BCUT2D eigenvalue weighted by Crippen LogP contribution is -2.31. The predicted octanol–water partition coefficient (Wildman–Crippen LogP) is 4.99. The van der Waals surface area contributed by atoms with Gasteiger partial charge in [0.05, 0.1) is 6.20 Å². The Labute approximate surface area is 159 Å². The number of hydrogen-bond donors (Lipinski definition) is 1. The number of aromatic nitrogens is 3. The van der Waals surface area contributed by atoms with Gasteiger partial charge in [0, 0.05) is 23.3 Å². The number of nitrogens with one attached hydrogen (secondary N) is 1. The van der Waals surface area contributed by atoms with Gasteiger partial charge in [-0.15, -0.1) is 5.10 Å². The minimum atomic E-state index is 0.271. The van der Waals surface area contributed by atoms with E-state index in [0.717, 1.165) is 23.6 Å². The Balaban J connectivity index is 1.85. The van der Waals surface area contributed by atoms with Crippen molar-refractivity contribution in [2.75, 3.05) is 10.2 Å². The molecule has 0 fully saturated rings. The van der Waals surface area contributed by atoms with Crippen LogP contribution in [0.2, 0.25) is 5.02 Å². The van der Waals surface area contributed by atoms with Gasteiger partial charge in [0.2, 0.25) is 5.95 Å². The largest absolute Gasteiger partial charge is 0.348 e. The van der Waals surface area contributed by atoms with Gasteiger partial charge in [-0.1, -0.05) is 48.0 Å². The summed E-state index contributed by atoms with van der Waals surface area (Å²) in [4.78, 5) is 6.85. The fourth-order valence-corrected chi connectivity index (χ4v) is 2.83. The molecule has 134 valence electrons. The third kappa shape index (κ3) is 4.29. The summed E-state index contributed by atoms with van der Waals surface area (Å²) in [6, 6.07) is 16.3. The highest BCUT2D eigenvalue weighted by Gasteiger charge is 2.15. The Bertz CT molecular complexity index is 867. The third-order valence-electron chi connectivity index (χ3n) is 4.17. The number of rotatable bonds is 6. The third-order valence-corrected chi connectivity index (χ3v) is 4.58. The van der Waals surface area contributed by atoms with Crippen molar-refractivity contribution in [2.45, 2.75) is 33.4 Å². The zero-order valence-corrected chi connectivity index (χ0v) is 15.9. The van der Waals surface area contributed by atoms with Gasteiger partial charge < -0.3 is 10.2 Å². The van der Waals surface area contributed by atoms with Gasteiger partial charge in [-0.2, -0.15) is 10.1 Å². The molecule has 1 aromatic heterocycles. The summed E-state index contributed by atoms with van der Waals surface area (Å²) in [5, 5.41) is 12.2. The smallest absolute Gasteiger partial charge is 0.249 e. The van der Waals surface area contributed by atoms with E-state index in [1.54, 1.807) is 6.20 Å². The first-order chi connectivity index (χ1) is 12.5. The molecule has 1 heterocycles. The van der Waals surface area contributed by atoms with Crippen LogP contribution in [0.4, 0.5) is 17.5 Å². The van der Waals surface area contributed by atoms with Crippen molar-refractivity contribution < 1.29 is 0 Å². The summed E-state index contributed by atoms with van der Waals surface area (Å²) < 4.78 is 0. The summed E-state index contributed by atoms with van der Waals surface area (Å²) >= 11 is 6.19. The van der Waals surface area contributed by atoms with Gasteiger partial charge in [-0.3, -0.25) is 0 Å². The van der Waals surface area contributed by atoms with Crippen LogP contribution < -0.4 is 10.2 Å². The molecule has 0 unspecified atom stereocenters. The van der Waals surface area contributed by atoms with Gasteiger partial charge in [0.1, 0.15) is 0 Å². The first kappa shape index (κ1) is 18.1. The predicted molar refractivity (Wildman–Crippen MR) is 107 cm³/mol. The van der Waals surface area contributed by atoms with Gasteiger partial charge in [0.25, 0.3) is 0 Å². The van der Waals surface area contributed by atoms with Crippen LogP contribution in [-0.4, -0.2) is 21.2 Å². The molecule has 0 amide bonds. The van der Waals surface area contributed by atoms with Crippen LogP contribution in [0.15, 0.2) is 54.7 Å². The molecule has 0 bridgehead atoms. The summed E-state index contributed by atoms with van der Waals surface area (Å²) in [6.07, 6.45) is 1.69. The molecule has 5 nitrogen and oxygen atoms in total. The molecule has 0 aliphatic rings. The Morgan fingerprint density at radius 2 is 1.85 bits per heavy atom. The lowest BCUT2D eigenvalue weighted by molar-refractivity contribution is 0.668. The minimum Gasteiger partial charge on any atom is -0.348 e. The van der Waals surface area contributed by atoms with E-state index in [-0.39, 0.29) is 6.04 Å². The molecule has 0 aliphatic carbocycles. The quantitative estimate of drug-likeness (QED) is 0.665. The van der Waals surface area contributed by atoms with E-state index < -0.39 is 0 Å². The maximum Gasteiger partial charge on any atom is 0.249 e. The first-order valence-corrected chi connectivity index (χ1v) is 8.95. The van der Waals surface area contributed by atoms with E-state index in [0.29, 0.717) is 11.0 Å². The average molecular weight is 368 g/mol. The minimum absolute atomic E-state index is 0.271. The molecule has 0 atom stereocenters. The summed E-state index contributed by atoms with van der Waals surface area (Å²) in [5.41, 5.74) is 3.05. The zero-order chi connectivity index (χ0) is 18.5. The topological polar surface area (TPSA) is 53.9 Å². The van der Waals surface area contributed by atoms with Crippen LogP contribution in [0, 0.1) is 6.92 Å². The van der Waals surface area contributed by atoms with E-state index in [1.165, 1.54) is 5.56 Å². The highest BCUT2D eigenvalue weighted by Crippen LogP contribution is 2.25. The molecule has 0 radical (unpaired) electrons. The van der Waals surface area contributed by atoms with Crippen molar-refractivity contribution in [1.29, 1.82) is 0 Å². The molecule has 2 aromatic carbocycles. The molecular formula is C20H22ClN5. The fraction of sp³-hybridized carbons (Fsp3) is 0.250. The van der Waals surface area contributed by atoms with Crippen molar-refractivity contribution in [3.05, 3.63) is 70.9 Å². The van der Waals surface area contributed by atoms with E-state index >= 15 is 0 Å². The van der Waals surface area contributed by atoms with Gasteiger partial charge in [-0.25, -0.2) is 0 Å². The van der Waals surface area contributed by atoms with Crippen molar-refractivity contribution in [2.24, 2.45) is 0 Å². The van der Waals surface area contributed by atoms with E-state index in [2.05, 4.69) is 51.4 Å². The van der Waals surface area contributed by atoms with Gasteiger partial charge in [-0.05, 0) is 44.0 Å². The second kappa shape index (κ2) is 8.15. The van der Waals surface area contributed by atoms with Crippen molar-refractivity contribution in [3.8, 4) is 0 Å². The second-order valence-electron chi connectivity index (χ2n) is 6.38. The van der Waals surface area contributed by atoms with Crippen molar-refractivity contribution >= 4 is 29.1 Å². The molecular weight excluding hydrogens is 346 g/mol. The van der Waals surface area contributed by atoms with Gasteiger partial charge in [0.15, 0.2) is 5.82 Å². The normalized spacial score (nSPS) is 10.8. The maximum absolute atomic E-state index is 6.19. The first-order valence-electron chi connectivity index (χ1n) is 8.57. The molecule has 0 aliphatic heterocycles. The van der Waals surface area contributed by atoms with E-state index in [4.69, 9.17) is 11.6 Å². The average Bonchev–Trinajstić information content (AvgIpc) is 2.64. The Morgan fingerprint density at radius 3 is 2.58 bits per heavy atom. The maximum atomic E-state index is 6.19. The highest BCUT2D eigenvalue weighted by molar-refractivity contribution is 6.31. The summed E-state index contributed by atoms with van der Waals surface area (Å²) in [7, 11) is 0. The molecule has 0 saturated carbocycles. The monoisotopic (exact) mass is 367 g/mol. The van der Waals surface area contributed by atoms with Crippen LogP contribution >= 0.6 is 11.6 Å². The van der Waals surface area contributed by atoms with Crippen LogP contribution in [0.1, 0.15) is 25.0 Å². The van der Waals surface area contributed by atoms with E-state index in [9.17, 15) is 0 Å². The molecule has 6 heteroatoms. The van der Waals surface area contributed by atoms with Gasteiger partial charge >= 0.3 is 0 Å². The van der Waals surface area contributed by atoms with Crippen molar-refractivity contribution in [3.63, 3.8) is 0 Å².